The molecule has 3 nitrogen and oxygen atoms in total. The lowest BCUT2D eigenvalue weighted by atomic mass is 10.2. The van der Waals surface area contributed by atoms with Gasteiger partial charge in [-0.3, -0.25) is 0 Å². The maximum absolute atomic E-state index is 9.00. The molecule has 16 heavy (non-hydrogen) atoms. The molecule has 2 rings (SSSR count). The van der Waals surface area contributed by atoms with Crippen molar-refractivity contribution in [3.63, 3.8) is 0 Å². The van der Waals surface area contributed by atoms with Crippen molar-refractivity contribution in [2.24, 2.45) is 5.73 Å². The lowest BCUT2D eigenvalue weighted by Crippen LogP contribution is -2.33. The molecule has 2 N–H and O–H groups in total. The Morgan fingerprint density at radius 2 is 2.25 bits per heavy atom. The average molecular weight is 281 g/mol. The summed E-state index contributed by atoms with van der Waals surface area (Å²) in [6.45, 7) is 0. The second kappa shape index (κ2) is 4.86. The highest BCUT2D eigenvalue weighted by Gasteiger charge is 2.26. The fraction of sp³-hybridized carbons (Fsp3) is 0.417. The number of hydrogen-bond donors (Lipinski definition) is 1. The molecule has 0 heterocycles. The molecule has 0 spiro atoms. The Morgan fingerprint density at radius 3 is 2.88 bits per heavy atom. The Hall–Kier alpha value is -1.05. The molecule has 2 unspecified atom stereocenters. The number of halogens is 1. The van der Waals surface area contributed by atoms with Gasteiger partial charge in [-0.15, -0.1) is 0 Å². The number of nitrogens with zero attached hydrogens (tertiary/aromatic N) is 1. The van der Waals surface area contributed by atoms with Gasteiger partial charge < -0.3 is 10.5 Å². The molecule has 0 radical (unpaired) electrons. The summed E-state index contributed by atoms with van der Waals surface area (Å²) in [7, 11) is 0. The first-order valence-electron chi connectivity index (χ1n) is 5.32. The van der Waals surface area contributed by atoms with Gasteiger partial charge >= 0.3 is 0 Å². The third-order valence-electron chi connectivity index (χ3n) is 2.84. The fourth-order valence-corrected chi connectivity index (χ4v) is 2.32. The molecule has 1 aliphatic rings. The summed E-state index contributed by atoms with van der Waals surface area (Å²) in [6.07, 6.45) is 3.13. The molecule has 1 aliphatic carbocycles. The van der Waals surface area contributed by atoms with Crippen LogP contribution >= 0.6 is 15.9 Å². The Kier molecular flexibility index (Phi) is 3.47. The topological polar surface area (TPSA) is 59.0 Å². The van der Waals surface area contributed by atoms with Gasteiger partial charge in [0, 0.05) is 10.5 Å². The molecule has 4 heteroatoms. The van der Waals surface area contributed by atoms with Crippen molar-refractivity contribution < 1.29 is 4.74 Å². The molecule has 1 fully saturated rings. The Balaban J connectivity index is 2.18. The van der Waals surface area contributed by atoms with Gasteiger partial charge in [0.15, 0.2) is 0 Å². The predicted molar refractivity (Wildman–Crippen MR) is 65.1 cm³/mol. The van der Waals surface area contributed by atoms with E-state index in [4.69, 9.17) is 15.7 Å². The van der Waals surface area contributed by atoms with E-state index in [1.807, 2.05) is 12.1 Å². The molecule has 2 atom stereocenters. The summed E-state index contributed by atoms with van der Waals surface area (Å²) in [5.74, 6) is 0.632. The van der Waals surface area contributed by atoms with Crippen LogP contribution in [-0.2, 0) is 0 Å². The van der Waals surface area contributed by atoms with Crippen LogP contribution in [0, 0.1) is 11.3 Å². The molecule has 0 aliphatic heterocycles. The van der Waals surface area contributed by atoms with Crippen LogP contribution in [0.3, 0.4) is 0 Å². The first kappa shape index (κ1) is 11.4. The SMILES string of the molecule is N#Cc1cc(Br)ccc1OC1CCCC1N. The van der Waals surface area contributed by atoms with Crippen LogP contribution in [0.2, 0.25) is 0 Å². The van der Waals surface area contributed by atoms with Gasteiger partial charge in [0.25, 0.3) is 0 Å². The van der Waals surface area contributed by atoms with Crippen molar-refractivity contribution in [2.75, 3.05) is 0 Å². The van der Waals surface area contributed by atoms with E-state index in [9.17, 15) is 0 Å². The summed E-state index contributed by atoms with van der Waals surface area (Å²) in [6, 6.07) is 7.67. The highest BCUT2D eigenvalue weighted by Crippen LogP contribution is 2.27. The van der Waals surface area contributed by atoms with Gasteiger partial charge in [-0.2, -0.15) is 5.26 Å². The third kappa shape index (κ3) is 2.37. The van der Waals surface area contributed by atoms with Gasteiger partial charge in [0.05, 0.1) is 5.56 Å². The Labute approximate surface area is 103 Å². The van der Waals surface area contributed by atoms with Gasteiger partial charge in [-0.25, -0.2) is 0 Å². The van der Waals surface area contributed by atoms with Crippen molar-refractivity contribution in [1.82, 2.24) is 0 Å². The maximum Gasteiger partial charge on any atom is 0.137 e. The molecule has 0 amide bonds. The zero-order valence-corrected chi connectivity index (χ0v) is 10.4. The summed E-state index contributed by atoms with van der Waals surface area (Å²) in [5, 5.41) is 9.00. The van der Waals surface area contributed by atoms with Crippen LogP contribution in [0.25, 0.3) is 0 Å². The first-order chi connectivity index (χ1) is 7.70. The summed E-state index contributed by atoms with van der Waals surface area (Å²) < 4.78 is 6.68. The van der Waals surface area contributed by atoms with Crippen LogP contribution in [0.1, 0.15) is 24.8 Å². The zero-order valence-electron chi connectivity index (χ0n) is 8.82. The van der Waals surface area contributed by atoms with E-state index < -0.39 is 0 Å². The molecule has 0 bridgehead atoms. The van der Waals surface area contributed by atoms with Crippen molar-refractivity contribution >= 4 is 15.9 Å². The van der Waals surface area contributed by atoms with Crippen LogP contribution in [-0.4, -0.2) is 12.1 Å². The molecule has 0 aromatic heterocycles. The highest BCUT2D eigenvalue weighted by atomic mass is 79.9. The normalized spacial score (nSPS) is 24.1. The molecule has 84 valence electrons. The van der Waals surface area contributed by atoms with E-state index in [1.165, 1.54) is 0 Å². The second-order valence-electron chi connectivity index (χ2n) is 4.00. The number of benzene rings is 1. The molecular formula is C12H13BrN2O. The van der Waals surface area contributed by atoms with Crippen LogP contribution in [0.5, 0.6) is 5.75 Å². The maximum atomic E-state index is 9.00. The van der Waals surface area contributed by atoms with E-state index in [0.717, 1.165) is 23.7 Å². The average Bonchev–Trinajstić information content (AvgIpc) is 2.67. The summed E-state index contributed by atoms with van der Waals surface area (Å²) in [5.41, 5.74) is 6.48. The molecular weight excluding hydrogens is 268 g/mol. The van der Waals surface area contributed by atoms with Gasteiger partial charge in [-0.05, 0) is 37.5 Å². The number of nitrogens with two attached hydrogens (primary N) is 1. The number of nitriles is 1. The van der Waals surface area contributed by atoms with Crippen LogP contribution in [0.15, 0.2) is 22.7 Å². The first-order valence-corrected chi connectivity index (χ1v) is 6.12. The van der Waals surface area contributed by atoms with E-state index >= 15 is 0 Å². The quantitative estimate of drug-likeness (QED) is 0.906. The van der Waals surface area contributed by atoms with Gasteiger partial charge in [-0.1, -0.05) is 15.9 Å². The lowest BCUT2D eigenvalue weighted by molar-refractivity contribution is 0.191. The van der Waals surface area contributed by atoms with Crippen molar-refractivity contribution in [3.05, 3.63) is 28.2 Å². The van der Waals surface area contributed by atoms with E-state index in [0.29, 0.717) is 11.3 Å². The van der Waals surface area contributed by atoms with E-state index in [-0.39, 0.29) is 12.1 Å². The number of ether oxygens (including phenoxy) is 1. The van der Waals surface area contributed by atoms with Crippen LogP contribution in [0.4, 0.5) is 0 Å². The smallest absolute Gasteiger partial charge is 0.137 e. The van der Waals surface area contributed by atoms with Crippen molar-refractivity contribution in [3.8, 4) is 11.8 Å². The van der Waals surface area contributed by atoms with Crippen molar-refractivity contribution in [2.45, 2.75) is 31.4 Å². The molecule has 1 aromatic rings. The molecule has 0 saturated heterocycles. The third-order valence-corrected chi connectivity index (χ3v) is 3.34. The highest BCUT2D eigenvalue weighted by molar-refractivity contribution is 9.10. The minimum Gasteiger partial charge on any atom is -0.487 e. The zero-order chi connectivity index (χ0) is 11.5. The minimum atomic E-state index is 0.0493. The largest absolute Gasteiger partial charge is 0.487 e. The van der Waals surface area contributed by atoms with Crippen LogP contribution < -0.4 is 10.5 Å². The minimum absolute atomic E-state index is 0.0493. The summed E-state index contributed by atoms with van der Waals surface area (Å²) >= 11 is 3.33. The predicted octanol–water partition coefficient (Wildman–Crippen LogP) is 2.58. The van der Waals surface area contributed by atoms with E-state index in [2.05, 4.69) is 22.0 Å². The lowest BCUT2D eigenvalue weighted by Gasteiger charge is -2.18. The van der Waals surface area contributed by atoms with Crippen molar-refractivity contribution in [1.29, 1.82) is 5.26 Å². The summed E-state index contributed by atoms with van der Waals surface area (Å²) in [4.78, 5) is 0. The molecule has 1 saturated carbocycles. The van der Waals surface area contributed by atoms with E-state index in [1.54, 1.807) is 6.07 Å². The monoisotopic (exact) mass is 280 g/mol. The van der Waals surface area contributed by atoms with Gasteiger partial charge in [0.1, 0.15) is 17.9 Å². The fourth-order valence-electron chi connectivity index (χ4n) is 1.96. The second-order valence-corrected chi connectivity index (χ2v) is 4.92. The van der Waals surface area contributed by atoms with Gasteiger partial charge in [0.2, 0.25) is 0 Å². The number of hydrogen-bond acceptors (Lipinski definition) is 3. The Bertz CT molecular complexity index is 428. The standard InChI is InChI=1S/C12H13BrN2O/c13-9-4-5-11(8(6-9)7-14)16-12-3-1-2-10(12)15/h4-6,10,12H,1-3,15H2. The number of rotatable bonds is 2. The Morgan fingerprint density at radius 1 is 1.44 bits per heavy atom. The molecule has 1 aromatic carbocycles.